The van der Waals surface area contributed by atoms with Crippen molar-refractivity contribution in [1.29, 1.82) is 0 Å². The summed E-state index contributed by atoms with van der Waals surface area (Å²) in [6.07, 6.45) is 0.312. The van der Waals surface area contributed by atoms with Gasteiger partial charge in [-0.25, -0.2) is 0 Å². The summed E-state index contributed by atoms with van der Waals surface area (Å²) in [5.74, 6) is -1.62. The first kappa shape index (κ1) is 10.0. The molecule has 3 nitrogen and oxygen atoms in total. The number of anilines is 1. The van der Waals surface area contributed by atoms with Crippen LogP contribution in [-0.4, -0.2) is 22.5 Å². The van der Waals surface area contributed by atoms with E-state index >= 15 is 0 Å². The smallest absolute Gasteiger partial charge is 0.180 e. The molecule has 0 aliphatic heterocycles. The second-order valence-electron chi connectivity index (χ2n) is 3.06. The highest BCUT2D eigenvalue weighted by atomic mass is 16.5. The van der Waals surface area contributed by atoms with E-state index in [0.717, 1.165) is 5.69 Å². The molecule has 13 heavy (non-hydrogen) atoms. The number of hydrogen-bond acceptors (Lipinski definition) is 3. The van der Waals surface area contributed by atoms with E-state index in [1.54, 1.807) is 6.92 Å². The largest absolute Gasteiger partial charge is 0.380 e. The third-order valence-electron chi connectivity index (χ3n) is 1.92. The summed E-state index contributed by atoms with van der Waals surface area (Å²) in [4.78, 5) is 0. The Labute approximate surface area is 78.0 Å². The molecule has 1 aromatic carbocycles. The molecule has 72 valence electrons. The van der Waals surface area contributed by atoms with Gasteiger partial charge in [0, 0.05) is 5.69 Å². The Morgan fingerprint density at radius 1 is 1.23 bits per heavy atom. The fourth-order valence-corrected chi connectivity index (χ4v) is 0.925. The van der Waals surface area contributed by atoms with Crippen LogP contribution in [0.5, 0.6) is 0 Å². The van der Waals surface area contributed by atoms with Gasteiger partial charge in [0.2, 0.25) is 0 Å². The first-order valence-electron chi connectivity index (χ1n) is 4.38. The summed E-state index contributed by atoms with van der Waals surface area (Å²) in [5.41, 5.74) is 0.892. The van der Waals surface area contributed by atoms with Crippen LogP contribution < -0.4 is 5.32 Å². The summed E-state index contributed by atoms with van der Waals surface area (Å²) >= 11 is 0. The number of rotatable bonds is 4. The number of benzene rings is 1. The first-order valence-corrected chi connectivity index (χ1v) is 4.38. The zero-order valence-corrected chi connectivity index (χ0v) is 7.70. The average molecular weight is 181 g/mol. The van der Waals surface area contributed by atoms with Gasteiger partial charge < -0.3 is 15.5 Å². The monoisotopic (exact) mass is 181 g/mol. The minimum absolute atomic E-state index is 0.146. The molecule has 1 aromatic rings. The number of hydrogen-bond donors (Lipinski definition) is 3. The molecule has 0 atom stereocenters. The van der Waals surface area contributed by atoms with Crippen molar-refractivity contribution in [1.82, 2.24) is 0 Å². The van der Waals surface area contributed by atoms with E-state index in [1.807, 2.05) is 30.3 Å². The van der Waals surface area contributed by atoms with Crippen LogP contribution in [0.3, 0.4) is 0 Å². The molecule has 1 rings (SSSR count). The molecule has 0 bridgehead atoms. The zero-order valence-electron chi connectivity index (χ0n) is 7.70. The molecule has 0 radical (unpaired) electrons. The highest BCUT2D eigenvalue weighted by molar-refractivity contribution is 5.42. The van der Waals surface area contributed by atoms with Gasteiger partial charge in [-0.3, -0.25) is 0 Å². The van der Waals surface area contributed by atoms with Gasteiger partial charge in [-0.1, -0.05) is 25.1 Å². The fourth-order valence-electron chi connectivity index (χ4n) is 0.925. The molecule has 0 aliphatic rings. The minimum Gasteiger partial charge on any atom is -0.380 e. The summed E-state index contributed by atoms with van der Waals surface area (Å²) in [6, 6.07) is 9.46. The van der Waals surface area contributed by atoms with E-state index in [1.165, 1.54) is 0 Å². The molecular formula is C10H15NO2. The highest BCUT2D eigenvalue weighted by Gasteiger charge is 2.18. The summed E-state index contributed by atoms with van der Waals surface area (Å²) in [6.45, 7) is 1.88. The Kier molecular flexibility index (Phi) is 3.28. The second-order valence-corrected chi connectivity index (χ2v) is 3.06. The van der Waals surface area contributed by atoms with Crippen LogP contribution in [0.1, 0.15) is 13.3 Å². The van der Waals surface area contributed by atoms with Gasteiger partial charge >= 0.3 is 0 Å². The zero-order chi connectivity index (χ0) is 9.73. The Morgan fingerprint density at radius 3 is 2.38 bits per heavy atom. The first-order chi connectivity index (χ1) is 6.14. The van der Waals surface area contributed by atoms with E-state index in [4.69, 9.17) is 0 Å². The van der Waals surface area contributed by atoms with E-state index in [9.17, 15) is 10.2 Å². The lowest BCUT2D eigenvalue weighted by molar-refractivity contribution is -0.149. The maximum Gasteiger partial charge on any atom is 0.180 e. The summed E-state index contributed by atoms with van der Waals surface area (Å²) in [5, 5.41) is 21.5. The van der Waals surface area contributed by atoms with Crippen LogP contribution in [0.4, 0.5) is 5.69 Å². The third-order valence-corrected chi connectivity index (χ3v) is 1.92. The Balaban J connectivity index is 2.44. The van der Waals surface area contributed by atoms with Gasteiger partial charge in [-0.15, -0.1) is 0 Å². The molecular weight excluding hydrogens is 166 g/mol. The Morgan fingerprint density at radius 2 is 1.85 bits per heavy atom. The molecule has 0 fully saturated rings. The summed E-state index contributed by atoms with van der Waals surface area (Å²) < 4.78 is 0. The lowest BCUT2D eigenvalue weighted by Crippen LogP contribution is -2.35. The van der Waals surface area contributed by atoms with Gasteiger partial charge in [0.05, 0.1) is 6.54 Å². The van der Waals surface area contributed by atoms with Crippen molar-refractivity contribution < 1.29 is 10.2 Å². The Bertz CT molecular complexity index is 246. The lowest BCUT2D eigenvalue weighted by atomic mass is 10.2. The van der Waals surface area contributed by atoms with E-state index in [-0.39, 0.29) is 6.54 Å². The molecule has 0 amide bonds. The van der Waals surface area contributed by atoms with Gasteiger partial charge in [0.1, 0.15) is 0 Å². The Hall–Kier alpha value is -1.06. The topological polar surface area (TPSA) is 52.5 Å². The van der Waals surface area contributed by atoms with Crippen LogP contribution in [0.2, 0.25) is 0 Å². The molecule has 0 aromatic heterocycles. The number of aliphatic hydroxyl groups is 2. The standard InChI is InChI=1S/C10H15NO2/c1-2-10(12,13)8-11-9-6-4-3-5-7-9/h3-7,11-13H,2,8H2,1H3. The van der Waals surface area contributed by atoms with Crippen molar-refractivity contribution in [2.24, 2.45) is 0 Å². The van der Waals surface area contributed by atoms with Crippen LogP contribution in [0.25, 0.3) is 0 Å². The highest BCUT2D eigenvalue weighted by Crippen LogP contribution is 2.09. The second kappa shape index (κ2) is 4.25. The third kappa shape index (κ3) is 3.44. The predicted molar refractivity (Wildman–Crippen MR) is 52.4 cm³/mol. The molecule has 0 saturated carbocycles. The maximum atomic E-state index is 9.28. The molecule has 0 unspecified atom stereocenters. The van der Waals surface area contributed by atoms with Gasteiger partial charge in [-0.05, 0) is 18.6 Å². The van der Waals surface area contributed by atoms with Gasteiger partial charge in [-0.2, -0.15) is 0 Å². The number of nitrogens with one attached hydrogen (secondary N) is 1. The van der Waals surface area contributed by atoms with Crippen molar-refractivity contribution >= 4 is 5.69 Å². The average Bonchev–Trinajstić information content (AvgIpc) is 2.17. The SMILES string of the molecule is CCC(O)(O)CNc1ccccc1. The van der Waals surface area contributed by atoms with Gasteiger partial charge in [0.25, 0.3) is 0 Å². The normalized spacial score (nSPS) is 11.3. The van der Waals surface area contributed by atoms with Gasteiger partial charge in [0.15, 0.2) is 5.79 Å². The molecule has 3 N–H and O–H groups in total. The quantitative estimate of drug-likeness (QED) is 0.611. The van der Waals surface area contributed by atoms with Crippen LogP contribution in [-0.2, 0) is 0 Å². The van der Waals surface area contributed by atoms with Crippen molar-refractivity contribution in [3.63, 3.8) is 0 Å². The van der Waals surface area contributed by atoms with E-state index in [0.29, 0.717) is 6.42 Å². The fraction of sp³-hybridized carbons (Fsp3) is 0.400. The molecule has 0 spiro atoms. The van der Waals surface area contributed by atoms with E-state index in [2.05, 4.69) is 5.32 Å². The van der Waals surface area contributed by atoms with Crippen LogP contribution >= 0.6 is 0 Å². The van der Waals surface area contributed by atoms with Crippen LogP contribution in [0, 0.1) is 0 Å². The molecule has 0 heterocycles. The van der Waals surface area contributed by atoms with Crippen molar-refractivity contribution in [2.75, 3.05) is 11.9 Å². The minimum atomic E-state index is -1.62. The summed E-state index contributed by atoms with van der Waals surface area (Å²) in [7, 11) is 0. The van der Waals surface area contributed by atoms with Crippen molar-refractivity contribution in [2.45, 2.75) is 19.1 Å². The molecule has 0 saturated heterocycles. The van der Waals surface area contributed by atoms with Crippen molar-refractivity contribution in [3.8, 4) is 0 Å². The predicted octanol–water partition coefficient (Wildman–Crippen LogP) is 1.19. The molecule has 0 aliphatic carbocycles. The lowest BCUT2D eigenvalue weighted by Gasteiger charge is -2.20. The number of para-hydroxylation sites is 1. The van der Waals surface area contributed by atoms with Crippen molar-refractivity contribution in [3.05, 3.63) is 30.3 Å². The van der Waals surface area contributed by atoms with Crippen LogP contribution in [0.15, 0.2) is 30.3 Å². The van der Waals surface area contributed by atoms with E-state index < -0.39 is 5.79 Å². The molecule has 3 heteroatoms. The maximum absolute atomic E-state index is 9.28.